The van der Waals surface area contributed by atoms with E-state index in [0.717, 1.165) is 23.9 Å². The summed E-state index contributed by atoms with van der Waals surface area (Å²) < 4.78 is 0. The van der Waals surface area contributed by atoms with Gasteiger partial charge in [0.15, 0.2) is 0 Å². The Bertz CT molecular complexity index is 213. The van der Waals surface area contributed by atoms with Gasteiger partial charge in [0.1, 0.15) is 0 Å². The van der Waals surface area contributed by atoms with Crippen LogP contribution in [0, 0.1) is 17.3 Å². The molecule has 3 saturated carbocycles. The standard InChI is InChI=1S/C13H23N/c1-13(2)7-9(8-13)14-12-10-5-3-4-6-11(10)12/h9-12,14H,3-8H2,1-2H3. The van der Waals surface area contributed by atoms with Gasteiger partial charge in [-0.3, -0.25) is 0 Å². The topological polar surface area (TPSA) is 12.0 Å². The van der Waals surface area contributed by atoms with Crippen molar-refractivity contribution < 1.29 is 0 Å². The van der Waals surface area contributed by atoms with E-state index in [2.05, 4.69) is 19.2 Å². The molecule has 0 aliphatic heterocycles. The van der Waals surface area contributed by atoms with E-state index in [9.17, 15) is 0 Å². The minimum Gasteiger partial charge on any atom is -0.311 e. The third kappa shape index (κ3) is 1.50. The highest BCUT2D eigenvalue weighted by atomic mass is 15.0. The van der Waals surface area contributed by atoms with Crippen LogP contribution in [0.2, 0.25) is 0 Å². The molecule has 0 amide bonds. The van der Waals surface area contributed by atoms with Gasteiger partial charge in [-0.2, -0.15) is 0 Å². The molecule has 0 aromatic rings. The molecule has 80 valence electrons. The molecule has 2 atom stereocenters. The second-order valence-corrected chi connectivity index (χ2v) is 6.57. The highest BCUT2D eigenvalue weighted by Gasteiger charge is 2.52. The van der Waals surface area contributed by atoms with Gasteiger partial charge in [0.2, 0.25) is 0 Å². The number of nitrogens with one attached hydrogen (secondary N) is 1. The van der Waals surface area contributed by atoms with Crippen LogP contribution in [0.3, 0.4) is 0 Å². The SMILES string of the molecule is CC1(C)CC(NC2C3CCCCC32)C1. The second-order valence-electron chi connectivity index (χ2n) is 6.57. The minimum absolute atomic E-state index is 0.637. The van der Waals surface area contributed by atoms with E-state index >= 15 is 0 Å². The van der Waals surface area contributed by atoms with Crippen molar-refractivity contribution in [1.29, 1.82) is 0 Å². The summed E-state index contributed by atoms with van der Waals surface area (Å²) in [4.78, 5) is 0. The van der Waals surface area contributed by atoms with E-state index in [4.69, 9.17) is 0 Å². The second kappa shape index (κ2) is 2.98. The third-order valence-corrected chi connectivity index (χ3v) is 4.68. The van der Waals surface area contributed by atoms with Gasteiger partial charge >= 0.3 is 0 Å². The first-order valence-electron chi connectivity index (χ1n) is 6.42. The summed E-state index contributed by atoms with van der Waals surface area (Å²) >= 11 is 0. The van der Waals surface area contributed by atoms with Crippen molar-refractivity contribution in [3.8, 4) is 0 Å². The Kier molecular flexibility index (Phi) is 1.96. The summed E-state index contributed by atoms with van der Waals surface area (Å²) in [6, 6.07) is 1.79. The van der Waals surface area contributed by atoms with Crippen molar-refractivity contribution in [1.82, 2.24) is 5.32 Å². The first-order valence-corrected chi connectivity index (χ1v) is 6.42. The molecule has 3 fully saturated rings. The fraction of sp³-hybridized carbons (Fsp3) is 1.00. The van der Waals surface area contributed by atoms with Crippen LogP contribution in [-0.4, -0.2) is 12.1 Å². The Hall–Kier alpha value is -0.0400. The third-order valence-electron chi connectivity index (χ3n) is 4.68. The van der Waals surface area contributed by atoms with Gasteiger partial charge in [0.05, 0.1) is 0 Å². The Morgan fingerprint density at radius 1 is 1.00 bits per heavy atom. The first kappa shape index (κ1) is 9.21. The van der Waals surface area contributed by atoms with Crippen LogP contribution >= 0.6 is 0 Å². The van der Waals surface area contributed by atoms with Gasteiger partial charge in [0, 0.05) is 12.1 Å². The van der Waals surface area contributed by atoms with Crippen LogP contribution in [-0.2, 0) is 0 Å². The first-order chi connectivity index (χ1) is 6.66. The Morgan fingerprint density at radius 2 is 1.57 bits per heavy atom. The van der Waals surface area contributed by atoms with E-state index in [0.29, 0.717) is 5.41 Å². The highest BCUT2D eigenvalue weighted by Crippen LogP contribution is 2.51. The molecule has 0 aromatic heterocycles. The molecule has 3 rings (SSSR count). The van der Waals surface area contributed by atoms with Crippen molar-refractivity contribution >= 4 is 0 Å². The lowest BCUT2D eigenvalue weighted by molar-refractivity contribution is 0.123. The summed E-state index contributed by atoms with van der Waals surface area (Å²) in [5, 5.41) is 3.89. The van der Waals surface area contributed by atoms with Crippen LogP contribution in [0.4, 0.5) is 0 Å². The van der Waals surface area contributed by atoms with Crippen LogP contribution in [0.5, 0.6) is 0 Å². The van der Waals surface area contributed by atoms with Crippen molar-refractivity contribution in [3.05, 3.63) is 0 Å². The quantitative estimate of drug-likeness (QED) is 0.711. The average Bonchev–Trinajstić information content (AvgIpc) is 2.77. The predicted octanol–water partition coefficient (Wildman–Crippen LogP) is 2.95. The summed E-state index contributed by atoms with van der Waals surface area (Å²) in [6.07, 6.45) is 8.83. The molecule has 0 aromatic carbocycles. The van der Waals surface area contributed by atoms with Crippen LogP contribution in [0.25, 0.3) is 0 Å². The normalized spacial score (nSPS) is 45.4. The van der Waals surface area contributed by atoms with E-state index in [1.165, 1.54) is 38.5 Å². The molecule has 14 heavy (non-hydrogen) atoms. The van der Waals surface area contributed by atoms with Crippen LogP contribution in [0.15, 0.2) is 0 Å². The lowest BCUT2D eigenvalue weighted by atomic mass is 9.68. The fourth-order valence-corrected chi connectivity index (χ4v) is 3.90. The molecule has 0 bridgehead atoms. The maximum atomic E-state index is 3.89. The summed E-state index contributed by atoms with van der Waals surface area (Å²) in [5.74, 6) is 2.15. The molecule has 0 heterocycles. The zero-order valence-corrected chi connectivity index (χ0v) is 9.55. The van der Waals surface area contributed by atoms with Crippen molar-refractivity contribution in [3.63, 3.8) is 0 Å². The lowest BCUT2D eigenvalue weighted by Crippen LogP contribution is -2.47. The zero-order valence-electron chi connectivity index (χ0n) is 9.55. The van der Waals surface area contributed by atoms with E-state index in [1.807, 2.05) is 0 Å². The van der Waals surface area contributed by atoms with E-state index in [1.54, 1.807) is 0 Å². The summed E-state index contributed by atoms with van der Waals surface area (Å²) in [7, 11) is 0. The number of rotatable bonds is 2. The fourth-order valence-electron chi connectivity index (χ4n) is 3.90. The van der Waals surface area contributed by atoms with Crippen molar-refractivity contribution in [2.24, 2.45) is 17.3 Å². The molecule has 3 aliphatic rings. The largest absolute Gasteiger partial charge is 0.311 e. The lowest BCUT2D eigenvalue weighted by Gasteiger charge is -2.43. The number of hydrogen-bond donors (Lipinski definition) is 1. The monoisotopic (exact) mass is 193 g/mol. The number of fused-ring (bicyclic) bond motifs is 1. The average molecular weight is 193 g/mol. The molecule has 1 heteroatoms. The Labute approximate surface area is 87.7 Å². The smallest absolute Gasteiger partial charge is 0.0133 e. The van der Waals surface area contributed by atoms with Crippen LogP contribution < -0.4 is 5.32 Å². The van der Waals surface area contributed by atoms with Gasteiger partial charge in [-0.15, -0.1) is 0 Å². The van der Waals surface area contributed by atoms with Gasteiger partial charge in [-0.05, 0) is 42.9 Å². The van der Waals surface area contributed by atoms with Crippen LogP contribution in [0.1, 0.15) is 52.4 Å². The van der Waals surface area contributed by atoms with Gasteiger partial charge < -0.3 is 5.32 Å². The van der Waals surface area contributed by atoms with Crippen molar-refractivity contribution in [2.45, 2.75) is 64.5 Å². The molecule has 0 spiro atoms. The Balaban J connectivity index is 1.47. The summed E-state index contributed by atoms with van der Waals surface area (Å²) in [6.45, 7) is 4.79. The summed E-state index contributed by atoms with van der Waals surface area (Å²) in [5.41, 5.74) is 0.637. The van der Waals surface area contributed by atoms with Crippen molar-refractivity contribution in [2.75, 3.05) is 0 Å². The maximum Gasteiger partial charge on any atom is 0.0133 e. The van der Waals surface area contributed by atoms with Gasteiger partial charge in [-0.25, -0.2) is 0 Å². The Morgan fingerprint density at radius 3 is 2.07 bits per heavy atom. The molecular weight excluding hydrogens is 170 g/mol. The van der Waals surface area contributed by atoms with Gasteiger partial charge in [-0.1, -0.05) is 26.7 Å². The molecule has 0 saturated heterocycles. The molecule has 1 N–H and O–H groups in total. The molecule has 1 nitrogen and oxygen atoms in total. The molecule has 3 aliphatic carbocycles. The maximum absolute atomic E-state index is 3.89. The van der Waals surface area contributed by atoms with Gasteiger partial charge in [0.25, 0.3) is 0 Å². The highest BCUT2D eigenvalue weighted by molar-refractivity contribution is 5.07. The predicted molar refractivity (Wildman–Crippen MR) is 59.2 cm³/mol. The molecular formula is C13H23N. The molecule has 0 radical (unpaired) electrons. The minimum atomic E-state index is 0.637. The van der Waals surface area contributed by atoms with E-state index < -0.39 is 0 Å². The van der Waals surface area contributed by atoms with E-state index in [-0.39, 0.29) is 0 Å². The molecule has 2 unspecified atom stereocenters. The number of hydrogen-bond acceptors (Lipinski definition) is 1. The zero-order chi connectivity index (χ0) is 9.76.